The number of hydrogen-bond acceptors (Lipinski definition) is 4. The standard InChI is InChI=1S/C14H19N3O3/c1-2-3-9-16(10-7-8-10)14(18)11-5-4-6-12(15)13(11)17(19)20/h4-6,10H,2-3,7-9,15H2,1H3. The zero-order valence-electron chi connectivity index (χ0n) is 11.5. The van der Waals surface area contributed by atoms with E-state index in [1.54, 1.807) is 11.0 Å². The molecule has 1 aromatic carbocycles. The van der Waals surface area contributed by atoms with Gasteiger partial charge in [0.1, 0.15) is 11.3 Å². The Hall–Kier alpha value is -2.11. The average Bonchev–Trinajstić information content (AvgIpc) is 3.22. The van der Waals surface area contributed by atoms with Crippen molar-refractivity contribution in [2.24, 2.45) is 0 Å². The zero-order valence-corrected chi connectivity index (χ0v) is 11.5. The van der Waals surface area contributed by atoms with Crippen LogP contribution >= 0.6 is 0 Å². The minimum atomic E-state index is -0.576. The summed E-state index contributed by atoms with van der Waals surface area (Å²) < 4.78 is 0. The van der Waals surface area contributed by atoms with Gasteiger partial charge in [0, 0.05) is 12.6 Å². The molecule has 0 bridgehead atoms. The second-order valence-electron chi connectivity index (χ2n) is 5.08. The van der Waals surface area contributed by atoms with E-state index >= 15 is 0 Å². The largest absolute Gasteiger partial charge is 0.393 e. The first-order valence-corrected chi connectivity index (χ1v) is 6.90. The average molecular weight is 277 g/mol. The van der Waals surface area contributed by atoms with Crippen LogP contribution in [0.25, 0.3) is 0 Å². The van der Waals surface area contributed by atoms with E-state index in [9.17, 15) is 14.9 Å². The third-order valence-electron chi connectivity index (χ3n) is 3.48. The lowest BCUT2D eigenvalue weighted by molar-refractivity contribution is -0.384. The smallest absolute Gasteiger partial charge is 0.304 e. The molecule has 0 unspecified atom stereocenters. The molecule has 1 saturated carbocycles. The molecule has 0 saturated heterocycles. The molecule has 20 heavy (non-hydrogen) atoms. The highest BCUT2D eigenvalue weighted by Gasteiger charge is 2.35. The fraction of sp³-hybridized carbons (Fsp3) is 0.500. The number of nitro benzene ring substituents is 1. The quantitative estimate of drug-likeness (QED) is 0.491. The predicted octanol–water partition coefficient (Wildman–Crippen LogP) is 2.58. The Bertz CT molecular complexity index is 526. The van der Waals surface area contributed by atoms with Gasteiger partial charge in [0.05, 0.1) is 4.92 Å². The number of nitrogens with zero attached hydrogens (tertiary/aromatic N) is 2. The van der Waals surface area contributed by atoms with E-state index in [0.29, 0.717) is 6.54 Å². The van der Waals surface area contributed by atoms with Crippen molar-refractivity contribution in [2.75, 3.05) is 12.3 Å². The Kier molecular flexibility index (Phi) is 4.22. The van der Waals surface area contributed by atoms with Gasteiger partial charge in [0.25, 0.3) is 5.91 Å². The third-order valence-corrected chi connectivity index (χ3v) is 3.48. The van der Waals surface area contributed by atoms with Crippen molar-refractivity contribution in [1.29, 1.82) is 0 Å². The molecule has 0 aromatic heterocycles. The number of para-hydroxylation sites is 1. The Morgan fingerprint density at radius 2 is 2.20 bits per heavy atom. The van der Waals surface area contributed by atoms with Crippen molar-refractivity contribution >= 4 is 17.3 Å². The molecule has 6 heteroatoms. The summed E-state index contributed by atoms with van der Waals surface area (Å²) in [5, 5.41) is 11.1. The number of anilines is 1. The van der Waals surface area contributed by atoms with Crippen LogP contribution in [-0.2, 0) is 0 Å². The molecule has 1 aliphatic rings. The van der Waals surface area contributed by atoms with E-state index in [0.717, 1.165) is 25.7 Å². The highest BCUT2D eigenvalue weighted by molar-refractivity contribution is 6.00. The summed E-state index contributed by atoms with van der Waals surface area (Å²) in [4.78, 5) is 24.9. The van der Waals surface area contributed by atoms with Crippen LogP contribution in [0.1, 0.15) is 43.0 Å². The fourth-order valence-corrected chi connectivity index (χ4v) is 2.26. The molecule has 2 N–H and O–H groups in total. The molecule has 0 heterocycles. The van der Waals surface area contributed by atoms with E-state index in [4.69, 9.17) is 5.73 Å². The number of hydrogen-bond donors (Lipinski definition) is 1. The van der Waals surface area contributed by atoms with Gasteiger partial charge < -0.3 is 10.6 Å². The number of rotatable bonds is 6. The second kappa shape index (κ2) is 5.90. The second-order valence-corrected chi connectivity index (χ2v) is 5.08. The first-order valence-electron chi connectivity index (χ1n) is 6.90. The highest BCUT2D eigenvalue weighted by atomic mass is 16.6. The van der Waals surface area contributed by atoms with Crippen LogP contribution in [-0.4, -0.2) is 28.3 Å². The summed E-state index contributed by atoms with van der Waals surface area (Å²) >= 11 is 0. The van der Waals surface area contributed by atoms with Gasteiger partial charge in [-0.05, 0) is 31.4 Å². The number of carbonyl (C=O) groups is 1. The molecule has 1 fully saturated rings. The Balaban J connectivity index is 2.31. The van der Waals surface area contributed by atoms with Crippen molar-refractivity contribution in [3.63, 3.8) is 0 Å². The lowest BCUT2D eigenvalue weighted by Gasteiger charge is -2.22. The van der Waals surface area contributed by atoms with Crippen LogP contribution in [0.2, 0.25) is 0 Å². The van der Waals surface area contributed by atoms with Crippen LogP contribution in [0.3, 0.4) is 0 Å². The maximum Gasteiger partial charge on any atom is 0.304 e. The molecule has 0 atom stereocenters. The lowest BCUT2D eigenvalue weighted by atomic mass is 10.1. The topological polar surface area (TPSA) is 89.5 Å². The molecular formula is C14H19N3O3. The van der Waals surface area contributed by atoms with Crippen LogP contribution in [0.4, 0.5) is 11.4 Å². The zero-order chi connectivity index (χ0) is 14.7. The molecule has 0 aliphatic heterocycles. The van der Waals surface area contributed by atoms with Gasteiger partial charge in [-0.3, -0.25) is 14.9 Å². The lowest BCUT2D eigenvalue weighted by Crippen LogP contribution is -2.34. The van der Waals surface area contributed by atoms with E-state index in [-0.39, 0.29) is 28.9 Å². The highest BCUT2D eigenvalue weighted by Crippen LogP contribution is 2.32. The van der Waals surface area contributed by atoms with E-state index in [2.05, 4.69) is 6.92 Å². The summed E-state index contributed by atoms with van der Waals surface area (Å²) in [7, 11) is 0. The van der Waals surface area contributed by atoms with Crippen molar-refractivity contribution in [3.8, 4) is 0 Å². The SMILES string of the molecule is CCCCN(C(=O)c1cccc(N)c1[N+](=O)[O-])C1CC1. The number of carbonyl (C=O) groups excluding carboxylic acids is 1. The van der Waals surface area contributed by atoms with E-state index in [1.807, 2.05) is 0 Å². The van der Waals surface area contributed by atoms with Gasteiger partial charge in [-0.1, -0.05) is 19.4 Å². The Labute approximate surface area is 117 Å². The van der Waals surface area contributed by atoms with Crippen molar-refractivity contribution in [2.45, 2.75) is 38.6 Å². The molecular weight excluding hydrogens is 258 g/mol. The Morgan fingerprint density at radius 3 is 2.75 bits per heavy atom. The monoisotopic (exact) mass is 277 g/mol. The fourth-order valence-electron chi connectivity index (χ4n) is 2.26. The molecule has 6 nitrogen and oxygen atoms in total. The van der Waals surface area contributed by atoms with Crippen molar-refractivity contribution in [3.05, 3.63) is 33.9 Å². The minimum absolute atomic E-state index is 0.0343. The number of benzene rings is 1. The van der Waals surface area contributed by atoms with Gasteiger partial charge >= 0.3 is 5.69 Å². The molecule has 0 radical (unpaired) electrons. The number of nitro groups is 1. The van der Waals surface area contributed by atoms with Gasteiger partial charge in [-0.15, -0.1) is 0 Å². The summed E-state index contributed by atoms with van der Waals surface area (Å²) in [6.45, 7) is 2.70. The normalized spacial score (nSPS) is 14.1. The summed E-state index contributed by atoms with van der Waals surface area (Å²) in [5.41, 5.74) is 5.49. The van der Waals surface area contributed by atoms with E-state index < -0.39 is 4.92 Å². The first kappa shape index (κ1) is 14.3. The maximum absolute atomic E-state index is 12.6. The predicted molar refractivity (Wildman–Crippen MR) is 76.5 cm³/mol. The summed E-state index contributed by atoms with van der Waals surface area (Å²) in [6.07, 6.45) is 3.84. The van der Waals surface area contributed by atoms with Crippen LogP contribution in [0, 0.1) is 10.1 Å². The van der Waals surface area contributed by atoms with Crippen LogP contribution < -0.4 is 5.73 Å². The number of nitrogen functional groups attached to an aromatic ring is 1. The number of amides is 1. The molecule has 108 valence electrons. The molecule has 1 aliphatic carbocycles. The van der Waals surface area contributed by atoms with Crippen molar-refractivity contribution in [1.82, 2.24) is 4.90 Å². The van der Waals surface area contributed by atoms with E-state index in [1.165, 1.54) is 12.1 Å². The first-order chi connectivity index (χ1) is 9.56. The maximum atomic E-state index is 12.6. The molecule has 1 aromatic rings. The van der Waals surface area contributed by atoms with Gasteiger partial charge in [-0.2, -0.15) is 0 Å². The molecule has 0 spiro atoms. The Morgan fingerprint density at radius 1 is 1.50 bits per heavy atom. The van der Waals surface area contributed by atoms with Crippen molar-refractivity contribution < 1.29 is 9.72 Å². The third kappa shape index (κ3) is 2.89. The summed E-state index contributed by atoms with van der Waals surface area (Å²) in [6, 6.07) is 4.75. The number of nitrogens with two attached hydrogens (primary N) is 1. The minimum Gasteiger partial charge on any atom is -0.393 e. The molecule has 1 amide bonds. The molecule has 2 rings (SSSR count). The van der Waals surface area contributed by atoms with Gasteiger partial charge in [0.2, 0.25) is 0 Å². The van der Waals surface area contributed by atoms with Gasteiger partial charge in [-0.25, -0.2) is 0 Å². The van der Waals surface area contributed by atoms with Crippen LogP contribution in [0.15, 0.2) is 18.2 Å². The summed E-state index contributed by atoms with van der Waals surface area (Å²) in [5.74, 6) is -0.278. The van der Waals surface area contributed by atoms with Gasteiger partial charge in [0.15, 0.2) is 0 Å². The number of unbranched alkanes of at least 4 members (excludes halogenated alkanes) is 1. The van der Waals surface area contributed by atoms with Crippen LogP contribution in [0.5, 0.6) is 0 Å².